The van der Waals surface area contributed by atoms with E-state index >= 15 is 0 Å². The molecular formula is C10H12N4O2. The van der Waals surface area contributed by atoms with Gasteiger partial charge in [0.2, 0.25) is 0 Å². The quantitative estimate of drug-likeness (QED) is 0.834. The maximum absolute atomic E-state index is 11.0. The molecule has 2 heterocycles. The second kappa shape index (κ2) is 3.80. The van der Waals surface area contributed by atoms with Crippen molar-refractivity contribution >= 4 is 5.97 Å². The van der Waals surface area contributed by atoms with Crippen LogP contribution in [0, 0.1) is 13.8 Å². The maximum Gasteiger partial charge on any atom is 0.339 e. The van der Waals surface area contributed by atoms with Gasteiger partial charge in [0.05, 0.1) is 11.4 Å². The highest BCUT2D eigenvalue weighted by Gasteiger charge is 2.17. The first-order chi connectivity index (χ1) is 7.59. The van der Waals surface area contributed by atoms with Crippen LogP contribution in [0.25, 0.3) is 0 Å². The zero-order chi connectivity index (χ0) is 11.7. The molecule has 0 aromatic carbocycles. The van der Waals surface area contributed by atoms with Crippen molar-refractivity contribution in [3.8, 4) is 0 Å². The molecule has 0 aliphatic rings. The fourth-order valence-electron chi connectivity index (χ4n) is 1.67. The molecule has 0 aliphatic carbocycles. The van der Waals surface area contributed by atoms with Gasteiger partial charge in [-0.15, -0.1) is 0 Å². The standard InChI is InChI=1S/C10H12N4O2/c1-7-9(10(15)16)8(2)14(12-7)6-13-5-3-4-11-13/h3-5H,6H2,1-2H3,(H,15,16). The lowest BCUT2D eigenvalue weighted by molar-refractivity contribution is 0.0695. The SMILES string of the molecule is Cc1nn(Cn2cccn2)c(C)c1C(=O)O. The fourth-order valence-corrected chi connectivity index (χ4v) is 1.67. The Labute approximate surface area is 92.1 Å². The van der Waals surface area contributed by atoms with Gasteiger partial charge in [0, 0.05) is 12.4 Å². The summed E-state index contributed by atoms with van der Waals surface area (Å²) in [5.41, 5.74) is 1.44. The number of rotatable bonds is 3. The Morgan fingerprint density at radius 3 is 2.75 bits per heavy atom. The van der Waals surface area contributed by atoms with Crippen LogP contribution in [-0.2, 0) is 6.67 Å². The molecule has 2 aromatic heterocycles. The number of hydrogen-bond acceptors (Lipinski definition) is 3. The van der Waals surface area contributed by atoms with E-state index in [9.17, 15) is 4.79 Å². The van der Waals surface area contributed by atoms with E-state index < -0.39 is 5.97 Å². The molecule has 0 fully saturated rings. The average molecular weight is 220 g/mol. The number of aromatic carboxylic acids is 1. The summed E-state index contributed by atoms with van der Waals surface area (Å²) in [6, 6.07) is 1.81. The molecule has 16 heavy (non-hydrogen) atoms. The van der Waals surface area contributed by atoms with Crippen molar-refractivity contribution in [2.45, 2.75) is 20.5 Å². The summed E-state index contributed by atoms with van der Waals surface area (Å²) in [4.78, 5) is 11.0. The summed E-state index contributed by atoms with van der Waals surface area (Å²) in [5.74, 6) is -0.943. The Morgan fingerprint density at radius 2 is 2.25 bits per heavy atom. The summed E-state index contributed by atoms with van der Waals surface area (Å²) >= 11 is 0. The molecule has 0 atom stereocenters. The summed E-state index contributed by atoms with van der Waals surface area (Å²) in [6.07, 6.45) is 3.47. The zero-order valence-electron chi connectivity index (χ0n) is 9.08. The molecule has 6 nitrogen and oxygen atoms in total. The van der Waals surface area contributed by atoms with Crippen molar-refractivity contribution in [1.82, 2.24) is 19.6 Å². The van der Waals surface area contributed by atoms with Crippen LogP contribution in [-0.4, -0.2) is 30.6 Å². The highest BCUT2D eigenvalue weighted by atomic mass is 16.4. The first-order valence-corrected chi connectivity index (χ1v) is 4.84. The van der Waals surface area contributed by atoms with Crippen molar-refractivity contribution in [3.63, 3.8) is 0 Å². The molecule has 84 valence electrons. The van der Waals surface area contributed by atoms with E-state index in [-0.39, 0.29) is 5.56 Å². The number of carbonyl (C=O) groups is 1. The molecule has 0 amide bonds. The maximum atomic E-state index is 11.0. The predicted molar refractivity (Wildman–Crippen MR) is 56.3 cm³/mol. The van der Waals surface area contributed by atoms with Gasteiger partial charge in [0.1, 0.15) is 12.2 Å². The normalized spacial score (nSPS) is 10.6. The smallest absolute Gasteiger partial charge is 0.339 e. The molecule has 0 unspecified atom stereocenters. The van der Waals surface area contributed by atoms with Crippen LogP contribution in [0.3, 0.4) is 0 Å². The molecule has 0 spiro atoms. The van der Waals surface area contributed by atoms with E-state index in [1.54, 1.807) is 35.6 Å². The molecular weight excluding hydrogens is 208 g/mol. The molecule has 2 rings (SSSR count). The van der Waals surface area contributed by atoms with Crippen LogP contribution >= 0.6 is 0 Å². The Balaban J connectivity index is 2.36. The third-order valence-electron chi connectivity index (χ3n) is 2.43. The summed E-state index contributed by atoms with van der Waals surface area (Å²) in [6.45, 7) is 3.86. The molecule has 0 saturated heterocycles. The van der Waals surface area contributed by atoms with E-state index in [1.807, 2.05) is 6.07 Å². The highest BCUT2D eigenvalue weighted by Crippen LogP contribution is 2.12. The first-order valence-electron chi connectivity index (χ1n) is 4.84. The molecule has 6 heteroatoms. The highest BCUT2D eigenvalue weighted by molar-refractivity contribution is 5.90. The van der Waals surface area contributed by atoms with Crippen LogP contribution in [0.4, 0.5) is 0 Å². The van der Waals surface area contributed by atoms with Gasteiger partial charge in [0.15, 0.2) is 0 Å². The number of aromatic nitrogens is 4. The summed E-state index contributed by atoms with van der Waals surface area (Å²) in [5, 5.41) is 17.2. The Morgan fingerprint density at radius 1 is 1.50 bits per heavy atom. The molecule has 2 aromatic rings. The molecule has 0 aliphatic heterocycles. The van der Waals surface area contributed by atoms with Gasteiger partial charge in [-0.2, -0.15) is 10.2 Å². The number of carboxylic acid groups (broad SMARTS) is 1. The van der Waals surface area contributed by atoms with Crippen molar-refractivity contribution in [2.24, 2.45) is 0 Å². The Bertz CT molecular complexity index is 513. The lowest BCUT2D eigenvalue weighted by Crippen LogP contribution is -2.12. The van der Waals surface area contributed by atoms with E-state index in [2.05, 4.69) is 10.2 Å². The van der Waals surface area contributed by atoms with Crippen molar-refractivity contribution in [3.05, 3.63) is 35.4 Å². The fraction of sp³-hybridized carbons (Fsp3) is 0.300. The molecule has 0 bridgehead atoms. The Hall–Kier alpha value is -2.11. The van der Waals surface area contributed by atoms with E-state index in [1.165, 1.54) is 0 Å². The van der Waals surface area contributed by atoms with E-state index in [0.717, 1.165) is 0 Å². The van der Waals surface area contributed by atoms with Crippen LogP contribution in [0.5, 0.6) is 0 Å². The van der Waals surface area contributed by atoms with Crippen molar-refractivity contribution < 1.29 is 9.90 Å². The second-order valence-corrected chi connectivity index (χ2v) is 3.54. The lowest BCUT2D eigenvalue weighted by atomic mass is 10.2. The van der Waals surface area contributed by atoms with Gasteiger partial charge in [-0.05, 0) is 19.9 Å². The number of nitrogens with zero attached hydrogens (tertiary/aromatic N) is 4. The largest absolute Gasteiger partial charge is 0.478 e. The molecule has 0 saturated carbocycles. The van der Waals surface area contributed by atoms with Crippen molar-refractivity contribution in [2.75, 3.05) is 0 Å². The van der Waals surface area contributed by atoms with Gasteiger partial charge < -0.3 is 5.11 Å². The van der Waals surface area contributed by atoms with Crippen LogP contribution in [0.2, 0.25) is 0 Å². The molecule has 1 N–H and O–H groups in total. The number of aryl methyl sites for hydroxylation is 1. The average Bonchev–Trinajstić information content (AvgIpc) is 2.76. The summed E-state index contributed by atoms with van der Waals surface area (Å²) < 4.78 is 3.32. The van der Waals surface area contributed by atoms with Crippen LogP contribution < -0.4 is 0 Å². The minimum atomic E-state index is -0.943. The number of hydrogen-bond donors (Lipinski definition) is 1. The third-order valence-corrected chi connectivity index (χ3v) is 2.43. The van der Waals surface area contributed by atoms with Crippen LogP contribution in [0.1, 0.15) is 21.7 Å². The van der Waals surface area contributed by atoms with Crippen LogP contribution in [0.15, 0.2) is 18.5 Å². The van der Waals surface area contributed by atoms with E-state index in [4.69, 9.17) is 5.11 Å². The lowest BCUT2D eigenvalue weighted by Gasteiger charge is -2.04. The number of carboxylic acids is 1. The first kappa shape index (κ1) is 10.4. The second-order valence-electron chi connectivity index (χ2n) is 3.54. The minimum absolute atomic E-state index is 0.271. The van der Waals surface area contributed by atoms with E-state index in [0.29, 0.717) is 18.1 Å². The van der Waals surface area contributed by atoms with Gasteiger partial charge in [-0.3, -0.25) is 4.68 Å². The predicted octanol–water partition coefficient (Wildman–Crippen LogP) is 0.900. The van der Waals surface area contributed by atoms with Gasteiger partial charge in [0.25, 0.3) is 0 Å². The van der Waals surface area contributed by atoms with Gasteiger partial charge in [-0.25, -0.2) is 9.48 Å². The monoisotopic (exact) mass is 220 g/mol. The Kier molecular flexibility index (Phi) is 2.47. The third kappa shape index (κ3) is 1.69. The van der Waals surface area contributed by atoms with Crippen molar-refractivity contribution in [1.29, 1.82) is 0 Å². The van der Waals surface area contributed by atoms with Gasteiger partial charge >= 0.3 is 5.97 Å². The van der Waals surface area contributed by atoms with Gasteiger partial charge in [-0.1, -0.05) is 0 Å². The summed E-state index contributed by atoms with van der Waals surface area (Å²) in [7, 11) is 0. The minimum Gasteiger partial charge on any atom is -0.478 e. The molecule has 0 radical (unpaired) electrons. The topological polar surface area (TPSA) is 72.9 Å². The zero-order valence-corrected chi connectivity index (χ0v) is 9.08.